The highest BCUT2D eigenvalue weighted by atomic mass is 16.2. The van der Waals surface area contributed by atoms with E-state index >= 15 is 0 Å². The van der Waals surface area contributed by atoms with Gasteiger partial charge in [-0.1, -0.05) is 30.3 Å². The molecule has 4 heteroatoms. The molecule has 0 aliphatic heterocycles. The van der Waals surface area contributed by atoms with Crippen molar-refractivity contribution in [2.75, 3.05) is 4.90 Å². The lowest BCUT2D eigenvalue weighted by Gasteiger charge is -2.24. The minimum Gasteiger partial charge on any atom is -0.322 e. The van der Waals surface area contributed by atoms with E-state index in [4.69, 9.17) is 0 Å². The van der Waals surface area contributed by atoms with Gasteiger partial charge in [0.1, 0.15) is 0 Å². The van der Waals surface area contributed by atoms with Gasteiger partial charge in [-0.25, -0.2) is 0 Å². The lowest BCUT2D eigenvalue weighted by molar-refractivity contribution is -0.116. The molecule has 2 aromatic carbocycles. The van der Waals surface area contributed by atoms with Crippen LogP contribution in [0.2, 0.25) is 0 Å². The lowest BCUT2D eigenvalue weighted by Crippen LogP contribution is -2.31. The highest BCUT2D eigenvalue weighted by molar-refractivity contribution is 5.92. The number of aryl methyl sites for hydroxylation is 1. The normalized spacial score (nSPS) is 10.8. The molecular weight excluding hydrogens is 300 g/mol. The maximum absolute atomic E-state index is 12.4. The van der Waals surface area contributed by atoms with E-state index in [-0.39, 0.29) is 18.0 Å². The van der Waals surface area contributed by atoms with Crippen LogP contribution in [0.4, 0.5) is 5.69 Å². The first kappa shape index (κ1) is 16.0. The van der Waals surface area contributed by atoms with E-state index in [0.29, 0.717) is 5.56 Å². The van der Waals surface area contributed by atoms with Gasteiger partial charge >= 0.3 is 0 Å². The minimum absolute atomic E-state index is 0.0868. The Morgan fingerprint density at radius 3 is 2.58 bits per heavy atom. The Bertz CT molecular complexity index is 973. The number of anilines is 1. The van der Waals surface area contributed by atoms with E-state index in [1.807, 2.05) is 62.4 Å². The Morgan fingerprint density at radius 1 is 1.08 bits per heavy atom. The van der Waals surface area contributed by atoms with Gasteiger partial charge in [-0.3, -0.25) is 9.59 Å². The fourth-order valence-corrected chi connectivity index (χ4v) is 2.87. The van der Waals surface area contributed by atoms with Crippen molar-refractivity contribution in [2.24, 2.45) is 0 Å². The summed E-state index contributed by atoms with van der Waals surface area (Å²) in [5.41, 5.74) is 4.22. The monoisotopic (exact) mass is 320 g/mol. The number of nitrogens with zero attached hydrogens (tertiary/aromatic N) is 1. The van der Waals surface area contributed by atoms with Crippen molar-refractivity contribution in [3.63, 3.8) is 0 Å². The summed E-state index contributed by atoms with van der Waals surface area (Å²) < 4.78 is 0. The van der Waals surface area contributed by atoms with Gasteiger partial charge in [0.25, 0.3) is 5.56 Å². The summed E-state index contributed by atoms with van der Waals surface area (Å²) in [5.74, 6) is -0.0868. The molecule has 0 radical (unpaired) electrons. The zero-order chi connectivity index (χ0) is 17.3. The molecule has 0 bridgehead atoms. The van der Waals surface area contributed by atoms with Crippen molar-refractivity contribution in [3.8, 4) is 0 Å². The van der Waals surface area contributed by atoms with E-state index < -0.39 is 0 Å². The summed E-state index contributed by atoms with van der Waals surface area (Å²) in [5, 5.41) is 0.955. The van der Waals surface area contributed by atoms with Crippen LogP contribution in [0.1, 0.15) is 23.6 Å². The fraction of sp³-hybridized carbons (Fsp3) is 0.200. The molecule has 0 spiro atoms. The average molecular weight is 320 g/mol. The van der Waals surface area contributed by atoms with Crippen molar-refractivity contribution < 1.29 is 4.79 Å². The number of amides is 1. The van der Waals surface area contributed by atoms with Crippen LogP contribution in [0.3, 0.4) is 0 Å². The minimum atomic E-state index is -0.162. The van der Waals surface area contributed by atoms with E-state index in [0.717, 1.165) is 27.7 Å². The molecule has 0 unspecified atom stereocenters. The molecule has 3 rings (SSSR count). The summed E-state index contributed by atoms with van der Waals surface area (Å²) >= 11 is 0. The predicted octanol–water partition coefficient (Wildman–Crippen LogP) is 3.70. The number of benzene rings is 2. The number of pyridine rings is 1. The van der Waals surface area contributed by atoms with E-state index in [1.165, 1.54) is 6.92 Å². The molecule has 1 amide bonds. The zero-order valence-electron chi connectivity index (χ0n) is 14.1. The molecule has 3 aromatic rings. The SMILES string of the molecule is CC(=O)N(Cc1cc2ccccc2[nH]c1=O)c1cccc(C)c1C. The zero-order valence-corrected chi connectivity index (χ0v) is 14.1. The summed E-state index contributed by atoms with van der Waals surface area (Å²) in [6, 6.07) is 15.3. The molecule has 0 fully saturated rings. The number of para-hydroxylation sites is 1. The first-order valence-electron chi connectivity index (χ1n) is 7.92. The maximum atomic E-state index is 12.4. The number of carbonyl (C=O) groups excluding carboxylic acids is 1. The lowest BCUT2D eigenvalue weighted by atomic mass is 10.1. The van der Waals surface area contributed by atoms with Gasteiger partial charge in [0.2, 0.25) is 5.91 Å². The number of hydrogen-bond acceptors (Lipinski definition) is 2. The third-order valence-electron chi connectivity index (χ3n) is 4.41. The third kappa shape index (κ3) is 2.95. The molecule has 1 N–H and O–H groups in total. The number of aromatic amines is 1. The molecule has 0 aliphatic rings. The molecule has 0 saturated heterocycles. The smallest absolute Gasteiger partial charge is 0.253 e. The largest absolute Gasteiger partial charge is 0.322 e. The molecule has 1 aromatic heterocycles. The number of H-pyrrole nitrogens is 1. The number of aromatic nitrogens is 1. The second-order valence-electron chi connectivity index (χ2n) is 6.04. The topological polar surface area (TPSA) is 53.2 Å². The third-order valence-corrected chi connectivity index (χ3v) is 4.41. The molecule has 4 nitrogen and oxygen atoms in total. The Hall–Kier alpha value is -2.88. The Balaban J connectivity index is 2.06. The van der Waals surface area contributed by atoms with Crippen LogP contribution in [-0.2, 0) is 11.3 Å². The highest BCUT2D eigenvalue weighted by Crippen LogP contribution is 2.24. The maximum Gasteiger partial charge on any atom is 0.253 e. The van der Waals surface area contributed by atoms with Gasteiger partial charge in [0.15, 0.2) is 0 Å². The second kappa shape index (κ2) is 6.32. The van der Waals surface area contributed by atoms with Crippen LogP contribution in [0.15, 0.2) is 53.3 Å². The summed E-state index contributed by atoms with van der Waals surface area (Å²) in [6.45, 7) is 5.78. The standard InChI is InChI=1S/C20H20N2O2/c1-13-7-6-10-19(14(13)2)22(15(3)23)12-17-11-16-8-4-5-9-18(16)21-20(17)24/h4-11H,12H2,1-3H3,(H,21,24). The summed E-state index contributed by atoms with van der Waals surface area (Å²) in [6.07, 6.45) is 0. The van der Waals surface area contributed by atoms with Crippen molar-refractivity contribution in [1.82, 2.24) is 4.98 Å². The Morgan fingerprint density at radius 2 is 1.83 bits per heavy atom. The molecule has 0 atom stereocenters. The van der Waals surface area contributed by atoms with E-state index in [2.05, 4.69) is 4.98 Å². The van der Waals surface area contributed by atoms with Crippen molar-refractivity contribution in [2.45, 2.75) is 27.3 Å². The molecule has 1 heterocycles. The first-order valence-corrected chi connectivity index (χ1v) is 7.92. The first-order chi connectivity index (χ1) is 11.5. The van der Waals surface area contributed by atoms with Gasteiger partial charge in [-0.15, -0.1) is 0 Å². The number of rotatable bonds is 3. The van der Waals surface area contributed by atoms with Crippen molar-refractivity contribution >= 4 is 22.5 Å². The molecular formula is C20H20N2O2. The van der Waals surface area contributed by atoms with Crippen molar-refractivity contribution in [3.05, 3.63) is 75.6 Å². The van der Waals surface area contributed by atoms with Crippen LogP contribution in [0.5, 0.6) is 0 Å². The highest BCUT2D eigenvalue weighted by Gasteiger charge is 2.17. The van der Waals surface area contributed by atoms with Gasteiger partial charge in [0.05, 0.1) is 6.54 Å². The quantitative estimate of drug-likeness (QED) is 0.800. The predicted molar refractivity (Wildman–Crippen MR) is 97.3 cm³/mol. The molecule has 24 heavy (non-hydrogen) atoms. The Labute approximate surface area is 140 Å². The number of nitrogens with one attached hydrogen (secondary N) is 1. The van der Waals surface area contributed by atoms with Crippen LogP contribution >= 0.6 is 0 Å². The summed E-state index contributed by atoms with van der Waals surface area (Å²) in [7, 11) is 0. The van der Waals surface area contributed by atoms with Crippen LogP contribution in [0, 0.1) is 13.8 Å². The van der Waals surface area contributed by atoms with Crippen molar-refractivity contribution in [1.29, 1.82) is 0 Å². The number of carbonyl (C=O) groups is 1. The Kier molecular flexibility index (Phi) is 4.21. The fourth-order valence-electron chi connectivity index (χ4n) is 2.87. The average Bonchev–Trinajstić information content (AvgIpc) is 2.55. The summed E-state index contributed by atoms with van der Waals surface area (Å²) in [4.78, 5) is 29.1. The van der Waals surface area contributed by atoms with E-state index in [9.17, 15) is 9.59 Å². The van der Waals surface area contributed by atoms with E-state index in [1.54, 1.807) is 4.90 Å². The van der Waals surface area contributed by atoms with Gasteiger partial charge in [0, 0.05) is 23.7 Å². The van der Waals surface area contributed by atoms with Gasteiger partial charge in [-0.2, -0.15) is 0 Å². The van der Waals surface area contributed by atoms with Crippen LogP contribution < -0.4 is 10.5 Å². The molecule has 0 saturated carbocycles. The van der Waals surface area contributed by atoms with Crippen LogP contribution in [-0.4, -0.2) is 10.9 Å². The van der Waals surface area contributed by atoms with Crippen LogP contribution in [0.25, 0.3) is 10.9 Å². The van der Waals surface area contributed by atoms with Gasteiger partial charge in [-0.05, 0) is 48.6 Å². The van der Waals surface area contributed by atoms with Gasteiger partial charge < -0.3 is 9.88 Å². The number of fused-ring (bicyclic) bond motifs is 1. The molecule has 0 aliphatic carbocycles. The molecule has 122 valence electrons. The number of hydrogen-bond donors (Lipinski definition) is 1. The second-order valence-corrected chi connectivity index (χ2v) is 6.04.